The molecule has 0 spiro atoms. The Morgan fingerprint density at radius 3 is 2.88 bits per heavy atom. The average Bonchev–Trinajstić information content (AvgIpc) is 2.99. The molecular weight excluding hydrogens is 332 g/mol. The second kappa shape index (κ2) is 5.35. The molecule has 0 bridgehead atoms. The standard InChI is InChI=1S/C18H12N6O2/c25-18(26)11-4-5-13-14(7-11)24(15-3-1-2-6-20-15)23-9-12-8-19-10-21-16(12)22-17(13)23/h1-8,10H,9H2,(H,25,26). The van der Waals surface area contributed by atoms with Crippen molar-refractivity contribution in [3.63, 3.8) is 0 Å². The Balaban J connectivity index is 1.74. The van der Waals surface area contributed by atoms with E-state index in [0.29, 0.717) is 24.0 Å². The van der Waals surface area contributed by atoms with Crippen molar-refractivity contribution in [2.24, 2.45) is 4.99 Å². The number of aromatic carboxylic acids is 1. The normalized spacial score (nSPS) is 14.4. The van der Waals surface area contributed by atoms with Gasteiger partial charge in [-0.3, -0.25) is 5.01 Å². The van der Waals surface area contributed by atoms with Gasteiger partial charge in [-0.2, -0.15) is 0 Å². The van der Waals surface area contributed by atoms with Crippen molar-refractivity contribution in [3.8, 4) is 0 Å². The zero-order valence-electron chi connectivity index (χ0n) is 13.4. The zero-order valence-corrected chi connectivity index (χ0v) is 13.4. The Kier molecular flexibility index (Phi) is 2.99. The molecule has 8 heteroatoms. The van der Waals surface area contributed by atoms with E-state index >= 15 is 0 Å². The van der Waals surface area contributed by atoms with Crippen molar-refractivity contribution in [1.29, 1.82) is 0 Å². The lowest BCUT2D eigenvalue weighted by Gasteiger charge is -2.32. The first-order chi connectivity index (χ1) is 12.7. The van der Waals surface area contributed by atoms with Crippen molar-refractivity contribution >= 4 is 29.1 Å². The third-order valence-electron chi connectivity index (χ3n) is 4.36. The van der Waals surface area contributed by atoms with Gasteiger partial charge in [0.05, 0.1) is 17.8 Å². The molecule has 26 heavy (non-hydrogen) atoms. The molecule has 3 aromatic rings. The fourth-order valence-electron chi connectivity index (χ4n) is 3.21. The SMILES string of the molecule is O=C(O)c1ccc2c(c1)N(c1ccccn1)N1Cc3cncnc3N=C21. The number of rotatable bonds is 2. The van der Waals surface area contributed by atoms with E-state index in [9.17, 15) is 9.90 Å². The summed E-state index contributed by atoms with van der Waals surface area (Å²) >= 11 is 0. The highest BCUT2D eigenvalue weighted by Gasteiger charge is 2.38. The predicted molar refractivity (Wildman–Crippen MR) is 93.5 cm³/mol. The number of hydrogen-bond acceptors (Lipinski definition) is 7. The quantitative estimate of drug-likeness (QED) is 0.763. The van der Waals surface area contributed by atoms with Crippen molar-refractivity contribution in [2.75, 3.05) is 5.01 Å². The molecule has 2 aromatic heterocycles. The van der Waals surface area contributed by atoms with Crippen LogP contribution < -0.4 is 5.01 Å². The van der Waals surface area contributed by atoms with E-state index in [1.807, 2.05) is 28.2 Å². The molecule has 0 aliphatic carbocycles. The van der Waals surface area contributed by atoms with E-state index in [0.717, 1.165) is 16.8 Å². The molecule has 0 fully saturated rings. The van der Waals surface area contributed by atoms with Crippen molar-refractivity contribution in [1.82, 2.24) is 20.0 Å². The summed E-state index contributed by atoms with van der Waals surface area (Å²) in [5.41, 5.74) is 2.67. The zero-order chi connectivity index (χ0) is 17.7. The minimum atomic E-state index is -0.977. The molecule has 126 valence electrons. The van der Waals surface area contributed by atoms with Gasteiger partial charge in [-0.05, 0) is 30.3 Å². The van der Waals surface area contributed by atoms with E-state index in [-0.39, 0.29) is 5.56 Å². The predicted octanol–water partition coefficient (Wildman–Crippen LogP) is 2.53. The Bertz CT molecular complexity index is 1070. The minimum absolute atomic E-state index is 0.211. The van der Waals surface area contributed by atoms with E-state index in [1.54, 1.807) is 30.6 Å². The number of carbonyl (C=O) groups is 1. The van der Waals surface area contributed by atoms with Gasteiger partial charge in [0.15, 0.2) is 17.5 Å². The number of benzene rings is 1. The van der Waals surface area contributed by atoms with Crippen LogP contribution in [0.25, 0.3) is 0 Å². The third-order valence-corrected chi connectivity index (χ3v) is 4.36. The molecule has 1 aromatic carbocycles. The number of carboxylic acids is 1. The van der Waals surface area contributed by atoms with Gasteiger partial charge in [0, 0.05) is 23.5 Å². The van der Waals surface area contributed by atoms with Gasteiger partial charge in [0.2, 0.25) is 0 Å². The molecule has 2 aliphatic rings. The molecular formula is C18H12N6O2. The lowest BCUT2D eigenvalue weighted by molar-refractivity contribution is 0.0697. The number of aromatic nitrogens is 3. The third kappa shape index (κ3) is 2.05. The molecule has 0 atom stereocenters. The molecule has 1 N–H and O–H groups in total. The number of nitrogens with zero attached hydrogens (tertiary/aromatic N) is 6. The second-order valence-corrected chi connectivity index (χ2v) is 5.90. The number of hydrazine groups is 1. The Labute approximate surface area is 148 Å². The highest BCUT2D eigenvalue weighted by molar-refractivity contribution is 6.12. The van der Waals surface area contributed by atoms with Gasteiger partial charge in [-0.25, -0.2) is 29.7 Å². The second-order valence-electron chi connectivity index (χ2n) is 5.90. The summed E-state index contributed by atoms with van der Waals surface area (Å²) in [4.78, 5) is 28.9. The summed E-state index contributed by atoms with van der Waals surface area (Å²) in [5.74, 6) is 1.05. The van der Waals surface area contributed by atoms with Crippen LogP contribution in [0, 0.1) is 0 Å². The monoisotopic (exact) mass is 344 g/mol. The van der Waals surface area contributed by atoms with E-state index in [4.69, 9.17) is 0 Å². The summed E-state index contributed by atoms with van der Waals surface area (Å²) in [7, 11) is 0. The highest BCUT2D eigenvalue weighted by atomic mass is 16.4. The maximum Gasteiger partial charge on any atom is 0.335 e. The van der Waals surface area contributed by atoms with E-state index in [2.05, 4.69) is 19.9 Å². The molecule has 2 aliphatic heterocycles. The van der Waals surface area contributed by atoms with Gasteiger partial charge < -0.3 is 5.11 Å². The van der Waals surface area contributed by atoms with Gasteiger partial charge >= 0.3 is 5.97 Å². The molecule has 0 radical (unpaired) electrons. The first-order valence-electron chi connectivity index (χ1n) is 7.96. The van der Waals surface area contributed by atoms with Crippen LogP contribution in [-0.4, -0.2) is 36.9 Å². The summed E-state index contributed by atoms with van der Waals surface area (Å²) < 4.78 is 0. The van der Waals surface area contributed by atoms with Gasteiger partial charge in [0.25, 0.3) is 0 Å². The van der Waals surface area contributed by atoms with Crippen LogP contribution in [0.2, 0.25) is 0 Å². The number of pyridine rings is 1. The summed E-state index contributed by atoms with van der Waals surface area (Å²) in [5, 5.41) is 13.2. The first kappa shape index (κ1) is 14.5. The molecule has 0 amide bonds. The fraction of sp³-hybridized carbons (Fsp3) is 0.0556. The van der Waals surface area contributed by atoms with Crippen LogP contribution in [0.1, 0.15) is 21.5 Å². The highest BCUT2D eigenvalue weighted by Crippen LogP contribution is 2.41. The molecule has 0 saturated carbocycles. The van der Waals surface area contributed by atoms with Gasteiger partial charge in [-0.15, -0.1) is 0 Å². The number of amidine groups is 1. The minimum Gasteiger partial charge on any atom is -0.478 e. The molecule has 0 saturated heterocycles. The Hall–Kier alpha value is -3.81. The maximum absolute atomic E-state index is 11.4. The summed E-state index contributed by atoms with van der Waals surface area (Å²) in [6.45, 7) is 0.517. The van der Waals surface area contributed by atoms with Gasteiger partial charge in [-0.1, -0.05) is 6.07 Å². The molecule has 4 heterocycles. The van der Waals surface area contributed by atoms with Crippen molar-refractivity contribution in [2.45, 2.75) is 6.54 Å². The van der Waals surface area contributed by atoms with Crippen LogP contribution in [-0.2, 0) is 6.54 Å². The van der Waals surface area contributed by atoms with Crippen molar-refractivity contribution in [3.05, 3.63) is 71.8 Å². The molecule has 8 nitrogen and oxygen atoms in total. The molecule has 5 rings (SSSR count). The molecule has 0 unspecified atom stereocenters. The van der Waals surface area contributed by atoms with E-state index in [1.165, 1.54) is 6.33 Å². The summed E-state index contributed by atoms with van der Waals surface area (Å²) in [6, 6.07) is 10.6. The summed E-state index contributed by atoms with van der Waals surface area (Å²) in [6.07, 6.45) is 4.91. The maximum atomic E-state index is 11.4. The lowest BCUT2D eigenvalue weighted by Crippen LogP contribution is -2.39. The first-order valence-corrected chi connectivity index (χ1v) is 7.96. The number of fused-ring (bicyclic) bond motifs is 4. The van der Waals surface area contributed by atoms with E-state index < -0.39 is 5.97 Å². The lowest BCUT2D eigenvalue weighted by atomic mass is 10.1. The number of carboxylic acid groups (broad SMARTS) is 1. The van der Waals surface area contributed by atoms with Gasteiger partial charge in [0.1, 0.15) is 6.33 Å². The van der Waals surface area contributed by atoms with Crippen LogP contribution in [0.15, 0.2) is 60.1 Å². The smallest absolute Gasteiger partial charge is 0.335 e. The Morgan fingerprint density at radius 2 is 2.08 bits per heavy atom. The average molecular weight is 344 g/mol. The largest absolute Gasteiger partial charge is 0.478 e. The van der Waals surface area contributed by atoms with Crippen LogP contribution >= 0.6 is 0 Å². The number of hydrogen-bond donors (Lipinski definition) is 1. The van der Waals surface area contributed by atoms with Crippen LogP contribution in [0.4, 0.5) is 17.3 Å². The van der Waals surface area contributed by atoms with Crippen LogP contribution in [0.3, 0.4) is 0 Å². The number of anilines is 2. The number of aliphatic imine (C=N–C) groups is 1. The fourth-order valence-corrected chi connectivity index (χ4v) is 3.21. The van der Waals surface area contributed by atoms with Crippen molar-refractivity contribution < 1.29 is 9.90 Å². The Morgan fingerprint density at radius 1 is 1.15 bits per heavy atom. The topological polar surface area (TPSA) is 94.8 Å². The van der Waals surface area contributed by atoms with Crippen LogP contribution in [0.5, 0.6) is 0 Å².